The van der Waals surface area contributed by atoms with Crippen molar-refractivity contribution in [2.24, 2.45) is 0 Å². The Kier molecular flexibility index (Phi) is 8.29. The van der Waals surface area contributed by atoms with Crippen LogP contribution in [0.15, 0.2) is 54.7 Å². The Morgan fingerprint density at radius 2 is 1.82 bits per heavy atom. The Labute approximate surface area is 235 Å². The number of aromatic nitrogens is 2. The van der Waals surface area contributed by atoms with Gasteiger partial charge in [0.25, 0.3) is 0 Å². The lowest BCUT2D eigenvalue weighted by molar-refractivity contribution is 0.0202. The first-order chi connectivity index (χ1) is 18.7. The molecule has 6 nitrogen and oxygen atoms in total. The van der Waals surface area contributed by atoms with Crippen LogP contribution in [0.5, 0.6) is 0 Å². The number of imidazole rings is 1. The van der Waals surface area contributed by atoms with Crippen LogP contribution in [-0.2, 0) is 17.8 Å². The Hall–Kier alpha value is -2.90. The molecule has 8 heteroatoms. The molecule has 2 aliphatic rings. The number of hydrogen-bond donors (Lipinski definition) is 0. The van der Waals surface area contributed by atoms with Crippen molar-refractivity contribution in [1.29, 1.82) is 0 Å². The number of carbonyl (C=O) groups is 1. The van der Waals surface area contributed by atoms with E-state index in [0.717, 1.165) is 56.0 Å². The van der Waals surface area contributed by atoms with Crippen LogP contribution in [0.1, 0.15) is 63.8 Å². The monoisotopic (exact) mass is 552 g/mol. The molecule has 5 rings (SSSR count). The largest absolute Gasteiger partial charge is 0.444 e. The van der Waals surface area contributed by atoms with Crippen molar-refractivity contribution in [3.63, 3.8) is 0 Å². The number of nitrogens with zero attached hydrogens (tertiary/aromatic N) is 4. The number of benzene rings is 2. The number of halogens is 2. The van der Waals surface area contributed by atoms with Gasteiger partial charge in [0.2, 0.25) is 0 Å². The highest BCUT2D eigenvalue weighted by Crippen LogP contribution is 2.33. The second-order valence-electron chi connectivity index (χ2n) is 11.8. The summed E-state index contributed by atoms with van der Waals surface area (Å²) in [6, 6.07) is 15.8. The molecule has 39 heavy (non-hydrogen) atoms. The number of likely N-dealkylation sites (tertiary alicyclic amines) is 2. The second-order valence-corrected chi connectivity index (χ2v) is 12.2. The highest BCUT2D eigenvalue weighted by molar-refractivity contribution is 6.31. The fraction of sp³-hybridized carbons (Fsp3) is 0.484. The van der Waals surface area contributed by atoms with E-state index in [9.17, 15) is 9.18 Å². The molecule has 2 saturated heterocycles. The van der Waals surface area contributed by atoms with Crippen molar-refractivity contribution >= 4 is 17.7 Å². The molecule has 0 bridgehead atoms. The standard InChI is InChI=1S/C31H38ClFN4O2/c1-31(2,3)39-30(38)35-16-13-23(14-17-35)29-34-28(24-11-12-27(33)26(32)18-24)21-37(29)20-25-10-7-15-36(25)19-22-8-5-4-6-9-22/h4-6,8-9,11-12,18,21,23,25H,7,10,13-17,19-20H2,1-3H3/t25-/m1/s1. The van der Waals surface area contributed by atoms with Crippen LogP contribution in [0, 0.1) is 5.82 Å². The molecular formula is C31H38ClFN4O2. The Bertz CT molecular complexity index is 1280. The second kappa shape index (κ2) is 11.7. The molecule has 0 spiro atoms. The van der Waals surface area contributed by atoms with Crippen LogP contribution in [-0.4, -0.2) is 56.7 Å². The first-order valence-electron chi connectivity index (χ1n) is 13.9. The minimum atomic E-state index is -0.511. The summed E-state index contributed by atoms with van der Waals surface area (Å²) in [7, 11) is 0. The van der Waals surface area contributed by atoms with Crippen LogP contribution in [0.25, 0.3) is 11.3 Å². The van der Waals surface area contributed by atoms with Crippen molar-refractivity contribution in [3.8, 4) is 11.3 Å². The maximum absolute atomic E-state index is 13.9. The fourth-order valence-electron chi connectivity index (χ4n) is 5.70. The predicted molar refractivity (Wildman–Crippen MR) is 152 cm³/mol. The van der Waals surface area contributed by atoms with E-state index in [0.29, 0.717) is 19.1 Å². The number of hydrogen-bond acceptors (Lipinski definition) is 4. The lowest BCUT2D eigenvalue weighted by Crippen LogP contribution is -2.41. The molecule has 0 aliphatic carbocycles. The third kappa shape index (κ3) is 6.82. The molecule has 2 aliphatic heterocycles. The smallest absolute Gasteiger partial charge is 0.410 e. The third-order valence-electron chi connectivity index (χ3n) is 7.67. The van der Waals surface area contributed by atoms with Crippen molar-refractivity contribution in [2.45, 2.75) is 77.1 Å². The molecule has 208 valence electrons. The predicted octanol–water partition coefficient (Wildman–Crippen LogP) is 7.12. The molecule has 1 aromatic heterocycles. The minimum absolute atomic E-state index is 0.0964. The average molecular weight is 553 g/mol. The summed E-state index contributed by atoms with van der Waals surface area (Å²) in [6.07, 6.45) is 5.79. The highest BCUT2D eigenvalue weighted by Gasteiger charge is 2.32. The summed E-state index contributed by atoms with van der Waals surface area (Å²) in [4.78, 5) is 22.1. The zero-order chi connectivity index (χ0) is 27.6. The van der Waals surface area contributed by atoms with Crippen LogP contribution in [0.2, 0.25) is 5.02 Å². The van der Waals surface area contributed by atoms with Gasteiger partial charge in [-0.25, -0.2) is 14.2 Å². The molecule has 3 aromatic rings. The van der Waals surface area contributed by atoms with Crippen LogP contribution in [0.4, 0.5) is 9.18 Å². The zero-order valence-corrected chi connectivity index (χ0v) is 23.8. The van der Waals surface area contributed by atoms with E-state index in [1.54, 1.807) is 17.0 Å². The molecule has 2 fully saturated rings. The first kappa shape index (κ1) is 27.7. The molecule has 2 aromatic carbocycles. The molecule has 1 atom stereocenters. The SMILES string of the molecule is CC(C)(C)OC(=O)N1CCC(c2nc(-c3ccc(F)c(Cl)c3)cn2C[C@H]2CCCN2Cc2ccccc2)CC1. The fourth-order valence-corrected chi connectivity index (χ4v) is 5.88. The van der Waals surface area contributed by atoms with Gasteiger partial charge in [-0.2, -0.15) is 0 Å². The number of rotatable bonds is 6. The van der Waals surface area contributed by atoms with E-state index >= 15 is 0 Å². The van der Waals surface area contributed by atoms with Crippen molar-refractivity contribution in [3.05, 3.63) is 77.0 Å². The maximum Gasteiger partial charge on any atom is 0.410 e. The van der Waals surface area contributed by atoms with Gasteiger partial charge in [-0.1, -0.05) is 41.9 Å². The van der Waals surface area contributed by atoms with Crippen LogP contribution in [0.3, 0.4) is 0 Å². The summed E-state index contributed by atoms with van der Waals surface area (Å²) in [6.45, 7) is 9.80. The average Bonchev–Trinajstić information content (AvgIpc) is 3.52. The van der Waals surface area contributed by atoms with E-state index in [-0.39, 0.29) is 17.0 Å². The molecular weight excluding hydrogens is 515 g/mol. The van der Waals surface area contributed by atoms with Crippen LogP contribution >= 0.6 is 11.6 Å². The van der Waals surface area contributed by atoms with Gasteiger partial charge in [-0.05, 0) is 76.8 Å². The van der Waals surface area contributed by atoms with Crippen molar-refractivity contribution < 1.29 is 13.9 Å². The molecule has 1 amide bonds. The first-order valence-corrected chi connectivity index (χ1v) is 14.3. The molecule has 0 radical (unpaired) electrons. The summed E-state index contributed by atoms with van der Waals surface area (Å²) in [5.41, 5.74) is 2.42. The van der Waals surface area contributed by atoms with E-state index in [1.165, 1.54) is 18.1 Å². The van der Waals surface area contributed by atoms with E-state index in [2.05, 4.69) is 46.0 Å². The van der Waals surface area contributed by atoms with Crippen molar-refractivity contribution in [1.82, 2.24) is 19.4 Å². The quantitative estimate of drug-likeness (QED) is 0.326. The van der Waals surface area contributed by atoms with Gasteiger partial charge in [-0.3, -0.25) is 4.90 Å². The summed E-state index contributed by atoms with van der Waals surface area (Å²) in [5, 5.41) is 0.0964. The highest BCUT2D eigenvalue weighted by atomic mass is 35.5. The third-order valence-corrected chi connectivity index (χ3v) is 7.96. The molecule has 0 saturated carbocycles. The van der Waals surface area contributed by atoms with Gasteiger partial charge >= 0.3 is 6.09 Å². The Balaban J connectivity index is 1.37. The molecule has 0 unspecified atom stereocenters. The summed E-state index contributed by atoms with van der Waals surface area (Å²) < 4.78 is 21.8. The van der Waals surface area contributed by atoms with Gasteiger partial charge in [0.05, 0.1) is 10.7 Å². The summed E-state index contributed by atoms with van der Waals surface area (Å²) >= 11 is 6.12. The Morgan fingerprint density at radius 1 is 1.08 bits per heavy atom. The molecule has 0 N–H and O–H groups in total. The van der Waals surface area contributed by atoms with Crippen molar-refractivity contribution in [2.75, 3.05) is 19.6 Å². The lowest BCUT2D eigenvalue weighted by Gasteiger charge is -2.33. The number of carbonyl (C=O) groups excluding carboxylic acids is 1. The zero-order valence-electron chi connectivity index (χ0n) is 23.1. The summed E-state index contributed by atoms with van der Waals surface area (Å²) in [5.74, 6) is 0.815. The minimum Gasteiger partial charge on any atom is -0.444 e. The number of ether oxygens (including phenoxy) is 1. The topological polar surface area (TPSA) is 50.6 Å². The number of piperidine rings is 1. The molecule has 3 heterocycles. The van der Waals surface area contributed by atoms with E-state index < -0.39 is 11.4 Å². The van der Waals surface area contributed by atoms with Crippen LogP contribution < -0.4 is 0 Å². The normalized spacial score (nSPS) is 19.0. The lowest BCUT2D eigenvalue weighted by atomic mass is 9.96. The van der Waals surface area contributed by atoms with Gasteiger partial charge in [-0.15, -0.1) is 0 Å². The maximum atomic E-state index is 13.9. The van der Waals surface area contributed by atoms with Gasteiger partial charge in [0.15, 0.2) is 0 Å². The van der Waals surface area contributed by atoms with E-state index in [1.807, 2.05) is 20.8 Å². The Morgan fingerprint density at radius 3 is 2.51 bits per heavy atom. The number of amides is 1. The van der Waals surface area contributed by atoms with Gasteiger partial charge in [0.1, 0.15) is 17.2 Å². The van der Waals surface area contributed by atoms with E-state index in [4.69, 9.17) is 21.3 Å². The van der Waals surface area contributed by atoms with Gasteiger partial charge < -0.3 is 14.2 Å². The van der Waals surface area contributed by atoms with Gasteiger partial charge in [0, 0.05) is 49.9 Å².